The number of nitrogens with zero attached hydrogens (tertiary/aromatic N) is 1. The number of carbonyl (C=O) groups excluding carboxylic acids is 1. The highest BCUT2D eigenvalue weighted by molar-refractivity contribution is 7.99. The van der Waals surface area contributed by atoms with Crippen molar-refractivity contribution in [1.82, 2.24) is 4.90 Å². The maximum absolute atomic E-state index is 11.4. The lowest BCUT2D eigenvalue weighted by Crippen LogP contribution is -2.32. The van der Waals surface area contributed by atoms with Crippen LogP contribution in [0.4, 0.5) is 0 Å². The van der Waals surface area contributed by atoms with Gasteiger partial charge in [-0.05, 0) is 5.25 Å². The molecule has 78 valence electrons. The summed E-state index contributed by atoms with van der Waals surface area (Å²) in [4.78, 5) is 13.3. The van der Waals surface area contributed by atoms with Crippen LogP contribution in [0.25, 0.3) is 0 Å². The lowest BCUT2D eigenvalue weighted by Gasteiger charge is -2.19. The molecule has 0 aromatic carbocycles. The molecule has 0 heterocycles. The van der Waals surface area contributed by atoms with Crippen molar-refractivity contribution in [2.75, 3.05) is 19.3 Å². The maximum Gasteiger partial charge on any atom is 0.224 e. The minimum atomic E-state index is 0.119. The van der Waals surface area contributed by atoms with E-state index < -0.39 is 0 Å². The first-order valence-corrected chi connectivity index (χ1v) is 5.86. The Hall–Kier alpha value is -0.180. The molecule has 0 saturated heterocycles. The molecule has 0 spiro atoms. The maximum atomic E-state index is 11.4. The van der Waals surface area contributed by atoms with Crippen LogP contribution in [0.5, 0.6) is 0 Å². The molecular formula is C10H21NOS. The Bertz CT molecular complexity index is 157. The molecule has 0 bridgehead atoms. The van der Waals surface area contributed by atoms with E-state index in [0.29, 0.717) is 5.25 Å². The third-order valence-corrected chi connectivity index (χ3v) is 2.83. The van der Waals surface area contributed by atoms with Crippen molar-refractivity contribution in [3.05, 3.63) is 0 Å². The fourth-order valence-corrected chi connectivity index (χ4v) is 1.83. The summed E-state index contributed by atoms with van der Waals surface area (Å²) in [6.45, 7) is 9.09. The van der Waals surface area contributed by atoms with E-state index in [1.807, 2.05) is 37.6 Å². The van der Waals surface area contributed by atoms with Gasteiger partial charge in [-0.2, -0.15) is 11.8 Å². The predicted octanol–water partition coefficient (Wildman–Crippen LogP) is 2.24. The Labute approximate surface area is 86.1 Å². The molecule has 1 amide bonds. The first kappa shape index (κ1) is 12.8. The third-order valence-electron chi connectivity index (χ3n) is 1.75. The van der Waals surface area contributed by atoms with E-state index in [1.54, 1.807) is 0 Å². The summed E-state index contributed by atoms with van der Waals surface area (Å²) >= 11 is 1.89. The smallest absolute Gasteiger partial charge is 0.224 e. The molecule has 3 heteroatoms. The topological polar surface area (TPSA) is 20.3 Å². The summed E-state index contributed by atoms with van der Waals surface area (Å²) < 4.78 is 0. The van der Waals surface area contributed by atoms with Gasteiger partial charge in [-0.3, -0.25) is 4.79 Å². The molecule has 0 aromatic heterocycles. The first-order valence-electron chi connectivity index (χ1n) is 4.81. The zero-order chi connectivity index (χ0) is 10.4. The molecule has 0 saturated carbocycles. The van der Waals surface area contributed by atoms with E-state index in [2.05, 4.69) is 13.8 Å². The number of hydrogen-bond acceptors (Lipinski definition) is 2. The fraction of sp³-hybridized carbons (Fsp3) is 0.900. The molecule has 2 nitrogen and oxygen atoms in total. The fourth-order valence-electron chi connectivity index (χ4n) is 0.976. The van der Waals surface area contributed by atoms with E-state index in [9.17, 15) is 4.79 Å². The lowest BCUT2D eigenvalue weighted by atomic mass is 10.2. The van der Waals surface area contributed by atoms with Gasteiger partial charge in [-0.1, -0.05) is 27.7 Å². The molecule has 0 unspecified atom stereocenters. The molecule has 0 rings (SSSR count). The van der Waals surface area contributed by atoms with Crippen LogP contribution >= 0.6 is 11.8 Å². The second-order valence-corrected chi connectivity index (χ2v) is 5.52. The molecule has 0 aliphatic carbocycles. The van der Waals surface area contributed by atoms with Crippen molar-refractivity contribution in [1.29, 1.82) is 0 Å². The summed E-state index contributed by atoms with van der Waals surface area (Å²) in [7, 11) is 1.88. The lowest BCUT2D eigenvalue weighted by molar-refractivity contribution is -0.132. The second kappa shape index (κ2) is 6.30. The van der Waals surface area contributed by atoms with E-state index in [-0.39, 0.29) is 11.8 Å². The van der Waals surface area contributed by atoms with Crippen LogP contribution in [0.3, 0.4) is 0 Å². The van der Waals surface area contributed by atoms with Crippen LogP contribution in [-0.2, 0) is 4.79 Å². The van der Waals surface area contributed by atoms with E-state index in [1.165, 1.54) is 0 Å². The van der Waals surface area contributed by atoms with E-state index in [4.69, 9.17) is 0 Å². The Morgan fingerprint density at radius 1 is 1.31 bits per heavy atom. The van der Waals surface area contributed by atoms with Crippen LogP contribution in [0, 0.1) is 5.92 Å². The Balaban J connectivity index is 3.62. The molecule has 0 aliphatic heterocycles. The minimum Gasteiger partial charge on any atom is -0.345 e. The molecule has 0 atom stereocenters. The number of rotatable bonds is 5. The van der Waals surface area contributed by atoms with Gasteiger partial charge in [-0.25, -0.2) is 0 Å². The van der Waals surface area contributed by atoms with Crippen molar-refractivity contribution in [2.24, 2.45) is 5.92 Å². The van der Waals surface area contributed by atoms with Crippen molar-refractivity contribution in [3.8, 4) is 0 Å². The molecular weight excluding hydrogens is 182 g/mol. The number of amides is 1. The van der Waals surface area contributed by atoms with Gasteiger partial charge >= 0.3 is 0 Å². The van der Waals surface area contributed by atoms with Gasteiger partial charge < -0.3 is 4.90 Å². The van der Waals surface area contributed by atoms with Crippen LogP contribution in [0.15, 0.2) is 0 Å². The summed E-state index contributed by atoms with van der Waals surface area (Å²) in [5.74, 6) is 1.39. The van der Waals surface area contributed by atoms with Crippen molar-refractivity contribution in [2.45, 2.75) is 32.9 Å². The average Bonchev–Trinajstić information content (AvgIpc) is 2.02. The summed E-state index contributed by atoms with van der Waals surface area (Å²) in [6.07, 6.45) is 0. The second-order valence-electron chi connectivity index (χ2n) is 3.83. The first-order chi connectivity index (χ1) is 5.95. The molecule has 0 N–H and O–H groups in total. The molecule has 13 heavy (non-hydrogen) atoms. The summed E-state index contributed by atoms with van der Waals surface area (Å²) in [5.41, 5.74) is 0. The SMILES string of the molecule is CC(C)SCCN(C)C(=O)C(C)C. The predicted molar refractivity (Wildman–Crippen MR) is 60.1 cm³/mol. The van der Waals surface area contributed by atoms with E-state index in [0.717, 1.165) is 12.3 Å². The molecule has 0 radical (unpaired) electrons. The molecule has 0 aromatic rings. The average molecular weight is 203 g/mol. The van der Waals surface area contributed by atoms with Gasteiger partial charge in [0.1, 0.15) is 0 Å². The minimum absolute atomic E-state index is 0.119. The van der Waals surface area contributed by atoms with Gasteiger partial charge in [0, 0.05) is 25.3 Å². The normalized spacial score (nSPS) is 11.0. The summed E-state index contributed by atoms with van der Waals surface area (Å²) in [5, 5.41) is 0.655. The standard InChI is InChI=1S/C10H21NOS/c1-8(2)10(12)11(5)6-7-13-9(3)4/h8-9H,6-7H2,1-5H3. The molecule has 0 aliphatic rings. The van der Waals surface area contributed by atoms with Crippen molar-refractivity contribution < 1.29 is 4.79 Å². The largest absolute Gasteiger partial charge is 0.345 e. The molecule has 0 fully saturated rings. The number of hydrogen-bond donors (Lipinski definition) is 0. The van der Waals surface area contributed by atoms with Crippen molar-refractivity contribution in [3.63, 3.8) is 0 Å². The van der Waals surface area contributed by atoms with Crippen molar-refractivity contribution >= 4 is 17.7 Å². The van der Waals surface area contributed by atoms with Crippen LogP contribution in [-0.4, -0.2) is 35.4 Å². The van der Waals surface area contributed by atoms with Crippen LogP contribution in [0.2, 0.25) is 0 Å². The van der Waals surface area contributed by atoms with Gasteiger partial charge in [0.05, 0.1) is 0 Å². The van der Waals surface area contributed by atoms with Crippen LogP contribution < -0.4 is 0 Å². The van der Waals surface area contributed by atoms with Gasteiger partial charge in [0.15, 0.2) is 0 Å². The van der Waals surface area contributed by atoms with Crippen LogP contribution in [0.1, 0.15) is 27.7 Å². The van der Waals surface area contributed by atoms with E-state index >= 15 is 0 Å². The summed E-state index contributed by atoms with van der Waals surface area (Å²) in [6, 6.07) is 0. The number of carbonyl (C=O) groups is 1. The zero-order valence-corrected chi connectivity index (χ0v) is 10.1. The van der Waals surface area contributed by atoms with Gasteiger partial charge in [0.25, 0.3) is 0 Å². The quantitative estimate of drug-likeness (QED) is 0.683. The van der Waals surface area contributed by atoms with Gasteiger partial charge in [0.2, 0.25) is 5.91 Å². The Kier molecular flexibility index (Phi) is 6.21. The highest BCUT2D eigenvalue weighted by atomic mass is 32.2. The highest BCUT2D eigenvalue weighted by Gasteiger charge is 2.11. The Morgan fingerprint density at radius 3 is 2.23 bits per heavy atom. The monoisotopic (exact) mass is 203 g/mol. The number of thioether (sulfide) groups is 1. The zero-order valence-electron chi connectivity index (χ0n) is 9.33. The highest BCUT2D eigenvalue weighted by Crippen LogP contribution is 2.09. The third kappa shape index (κ3) is 5.97. The van der Waals surface area contributed by atoms with Gasteiger partial charge in [-0.15, -0.1) is 0 Å². The Morgan fingerprint density at radius 2 is 1.85 bits per heavy atom.